The Kier molecular flexibility index (Phi) is 5.63. The zero-order valence-corrected chi connectivity index (χ0v) is 14.7. The Balaban J connectivity index is 1.83. The molecule has 26 heavy (non-hydrogen) atoms. The van der Waals surface area contributed by atoms with E-state index < -0.39 is 5.97 Å². The number of carboxylic acids is 1. The van der Waals surface area contributed by atoms with E-state index in [1.54, 1.807) is 11.8 Å². The summed E-state index contributed by atoms with van der Waals surface area (Å²) in [6, 6.07) is 12.7. The first kappa shape index (κ1) is 18.1. The van der Waals surface area contributed by atoms with E-state index in [9.17, 15) is 9.59 Å². The molecule has 1 unspecified atom stereocenters. The number of aromatic carboxylic acids is 1. The second-order valence-electron chi connectivity index (χ2n) is 6.44. The van der Waals surface area contributed by atoms with E-state index in [2.05, 4.69) is 4.98 Å². The van der Waals surface area contributed by atoms with Gasteiger partial charge in [-0.15, -0.1) is 0 Å². The standard InChI is InChI=1S/C20H22N2O4/c1-14-17(20(24)25)9-10-18(21-14)19(23)22(13-16-8-5-11-26-16)12-15-6-3-2-4-7-15/h2-4,6-7,9-10,16H,5,8,11-13H2,1H3,(H,24,25). The lowest BCUT2D eigenvalue weighted by molar-refractivity contribution is 0.0502. The van der Waals surface area contributed by atoms with Crippen LogP contribution in [0.2, 0.25) is 0 Å². The van der Waals surface area contributed by atoms with Gasteiger partial charge in [-0.3, -0.25) is 4.79 Å². The monoisotopic (exact) mass is 354 g/mol. The summed E-state index contributed by atoms with van der Waals surface area (Å²) in [6.07, 6.45) is 1.97. The minimum Gasteiger partial charge on any atom is -0.478 e. The summed E-state index contributed by atoms with van der Waals surface area (Å²) in [5, 5.41) is 9.14. The number of amides is 1. The number of nitrogens with zero attached hydrogens (tertiary/aromatic N) is 2. The van der Waals surface area contributed by atoms with Gasteiger partial charge < -0.3 is 14.7 Å². The smallest absolute Gasteiger partial charge is 0.337 e. The molecule has 6 heteroatoms. The van der Waals surface area contributed by atoms with Crippen molar-refractivity contribution in [1.29, 1.82) is 0 Å². The van der Waals surface area contributed by atoms with Gasteiger partial charge in [0.05, 0.1) is 17.4 Å². The van der Waals surface area contributed by atoms with Crippen molar-refractivity contribution in [2.45, 2.75) is 32.4 Å². The lowest BCUT2D eigenvalue weighted by Crippen LogP contribution is -2.37. The normalized spacial score (nSPS) is 16.4. The van der Waals surface area contributed by atoms with Crippen LogP contribution in [0.3, 0.4) is 0 Å². The Bertz CT molecular complexity index is 786. The van der Waals surface area contributed by atoms with Crippen LogP contribution in [-0.2, 0) is 11.3 Å². The van der Waals surface area contributed by atoms with Crippen LogP contribution in [-0.4, -0.2) is 46.1 Å². The van der Waals surface area contributed by atoms with Crippen LogP contribution in [0.4, 0.5) is 0 Å². The van der Waals surface area contributed by atoms with Crippen LogP contribution in [0.1, 0.15) is 44.9 Å². The highest BCUT2D eigenvalue weighted by molar-refractivity contribution is 5.94. The maximum Gasteiger partial charge on any atom is 0.337 e. The van der Waals surface area contributed by atoms with Crippen LogP contribution in [0.5, 0.6) is 0 Å². The molecule has 1 aliphatic rings. The molecule has 1 atom stereocenters. The molecule has 0 spiro atoms. The van der Waals surface area contributed by atoms with Crippen molar-refractivity contribution >= 4 is 11.9 Å². The first-order valence-corrected chi connectivity index (χ1v) is 8.70. The number of hydrogen-bond donors (Lipinski definition) is 1. The van der Waals surface area contributed by atoms with E-state index in [0.717, 1.165) is 25.0 Å². The summed E-state index contributed by atoms with van der Waals surface area (Å²) in [5.41, 5.74) is 1.72. The third-order valence-electron chi connectivity index (χ3n) is 4.49. The summed E-state index contributed by atoms with van der Waals surface area (Å²) < 4.78 is 5.69. The predicted molar refractivity (Wildman–Crippen MR) is 96.1 cm³/mol. The molecule has 2 heterocycles. The molecule has 0 radical (unpaired) electrons. The van der Waals surface area contributed by atoms with E-state index in [1.165, 1.54) is 12.1 Å². The molecule has 3 rings (SSSR count). The summed E-state index contributed by atoms with van der Waals surface area (Å²) in [6.45, 7) is 3.28. The molecule has 6 nitrogen and oxygen atoms in total. The Hall–Kier alpha value is -2.73. The third-order valence-corrected chi connectivity index (χ3v) is 4.49. The number of carbonyl (C=O) groups excluding carboxylic acids is 1. The average molecular weight is 354 g/mol. The molecule has 1 fully saturated rings. The summed E-state index contributed by atoms with van der Waals surface area (Å²) in [4.78, 5) is 30.1. The number of aromatic nitrogens is 1. The van der Waals surface area contributed by atoms with Crippen molar-refractivity contribution in [3.63, 3.8) is 0 Å². The Morgan fingerprint density at radius 2 is 2.00 bits per heavy atom. The Labute approximate surface area is 152 Å². The van der Waals surface area contributed by atoms with Crippen molar-refractivity contribution in [1.82, 2.24) is 9.88 Å². The number of ether oxygens (including phenoxy) is 1. The van der Waals surface area contributed by atoms with Crippen molar-refractivity contribution < 1.29 is 19.4 Å². The van der Waals surface area contributed by atoms with Crippen molar-refractivity contribution in [2.75, 3.05) is 13.2 Å². The van der Waals surface area contributed by atoms with Crippen LogP contribution in [0, 0.1) is 6.92 Å². The fourth-order valence-corrected chi connectivity index (χ4v) is 3.13. The lowest BCUT2D eigenvalue weighted by atomic mass is 10.1. The van der Waals surface area contributed by atoms with Gasteiger partial charge in [-0.2, -0.15) is 0 Å². The number of pyridine rings is 1. The zero-order valence-electron chi connectivity index (χ0n) is 14.7. The molecule has 0 saturated carbocycles. The van der Waals surface area contributed by atoms with Crippen molar-refractivity contribution in [3.05, 3.63) is 65.0 Å². The Morgan fingerprint density at radius 1 is 1.23 bits per heavy atom. The molecule has 2 aromatic rings. The van der Waals surface area contributed by atoms with E-state index in [0.29, 0.717) is 18.8 Å². The van der Waals surface area contributed by atoms with Gasteiger partial charge in [0, 0.05) is 19.7 Å². The van der Waals surface area contributed by atoms with E-state index in [-0.39, 0.29) is 23.3 Å². The summed E-state index contributed by atoms with van der Waals surface area (Å²) in [5.74, 6) is -1.26. The molecule has 1 aliphatic heterocycles. The molecule has 136 valence electrons. The fraction of sp³-hybridized carbons (Fsp3) is 0.350. The zero-order chi connectivity index (χ0) is 18.5. The number of carboxylic acid groups (broad SMARTS) is 1. The van der Waals surface area contributed by atoms with Crippen molar-refractivity contribution in [3.8, 4) is 0 Å². The predicted octanol–water partition coefficient (Wildman–Crippen LogP) is 2.91. The van der Waals surface area contributed by atoms with Gasteiger partial charge in [0.15, 0.2) is 0 Å². The lowest BCUT2D eigenvalue weighted by Gasteiger charge is -2.25. The van der Waals surface area contributed by atoms with Gasteiger partial charge in [-0.05, 0) is 37.5 Å². The van der Waals surface area contributed by atoms with E-state index in [1.807, 2.05) is 30.3 Å². The minimum absolute atomic E-state index is 0.0297. The van der Waals surface area contributed by atoms with Gasteiger partial charge in [0.25, 0.3) is 5.91 Å². The topological polar surface area (TPSA) is 79.7 Å². The highest BCUT2D eigenvalue weighted by atomic mass is 16.5. The molecule has 1 aromatic carbocycles. The maximum atomic E-state index is 13.0. The van der Waals surface area contributed by atoms with Crippen LogP contribution < -0.4 is 0 Å². The van der Waals surface area contributed by atoms with Gasteiger partial charge >= 0.3 is 5.97 Å². The number of rotatable bonds is 6. The second kappa shape index (κ2) is 8.10. The number of carbonyl (C=O) groups is 2. The van der Waals surface area contributed by atoms with Crippen LogP contribution >= 0.6 is 0 Å². The third kappa shape index (κ3) is 4.26. The van der Waals surface area contributed by atoms with Crippen LogP contribution in [0.15, 0.2) is 42.5 Å². The maximum absolute atomic E-state index is 13.0. The van der Waals surface area contributed by atoms with Gasteiger partial charge in [0.2, 0.25) is 0 Å². The fourth-order valence-electron chi connectivity index (χ4n) is 3.13. The highest BCUT2D eigenvalue weighted by Gasteiger charge is 2.25. The van der Waals surface area contributed by atoms with Crippen molar-refractivity contribution in [2.24, 2.45) is 0 Å². The molecule has 0 bridgehead atoms. The van der Waals surface area contributed by atoms with Gasteiger partial charge in [-0.1, -0.05) is 30.3 Å². The van der Waals surface area contributed by atoms with Gasteiger partial charge in [0.1, 0.15) is 5.69 Å². The number of aryl methyl sites for hydroxylation is 1. The molecule has 1 amide bonds. The first-order chi connectivity index (χ1) is 12.5. The van der Waals surface area contributed by atoms with E-state index in [4.69, 9.17) is 9.84 Å². The molecule has 1 N–H and O–H groups in total. The SMILES string of the molecule is Cc1nc(C(=O)N(Cc2ccccc2)CC2CCCO2)ccc1C(=O)O. The summed E-state index contributed by atoms with van der Waals surface area (Å²) in [7, 11) is 0. The molecular weight excluding hydrogens is 332 g/mol. The highest BCUT2D eigenvalue weighted by Crippen LogP contribution is 2.17. The Morgan fingerprint density at radius 3 is 2.62 bits per heavy atom. The molecule has 0 aliphatic carbocycles. The first-order valence-electron chi connectivity index (χ1n) is 8.70. The van der Waals surface area contributed by atoms with E-state index >= 15 is 0 Å². The number of hydrogen-bond acceptors (Lipinski definition) is 4. The average Bonchev–Trinajstić information content (AvgIpc) is 3.14. The van der Waals surface area contributed by atoms with Gasteiger partial charge in [-0.25, -0.2) is 9.78 Å². The summed E-state index contributed by atoms with van der Waals surface area (Å²) >= 11 is 0. The molecule has 1 saturated heterocycles. The molecule has 1 aromatic heterocycles. The minimum atomic E-state index is -1.05. The number of benzene rings is 1. The molecular formula is C20H22N2O4. The second-order valence-corrected chi connectivity index (χ2v) is 6.44. The largest absolute Gasteiger partial charge is 0.478 e. The quantitative estimate of drug-likeness (QED) is 0.863. The van der Waals surface area contributed by atoms with Crippen LogP contribution in [0.25, 0.3) is 0 Å².